The number of nitriles is 2. The number of carbonyl (C=O) groups is 1. The lowest BCUT2D eigenvalue weighted by Crippen LogP contribution is -2.48. The molecule has 21 heavy (non-hydrogen) atoms. The number of ether oxygens (including phenoxy) is 1. The van der Waals surface area contributed by atoms with Crippen molar-refractivity contribution in [3.63, 3.8) is 0 Å². The average molecular weight is 304 g/mol. The van der Waals surface area contributed by atoms with Crippen LogP contribution in [-0.4, -0.2) is 18.1 Å². The second-order valence-electron chi connectivity index (χ2n) is 5.18. The molecule has 1 aromatic carbocycles. The molecule has 1 fully saturated rings. The first-order chi connectivity index (χ1) is 9.98. The maximum absolute atomic E-state index is 11.9. The number of hydrogen-bond acceptors (Lipinski definition) is 4. The quantitative estimate of drug-likeness (QED) is 0.905. The molecule has 0 heterocycles. The molecule has 1 aliphatic rings. The summed E-state index contributed by atoms with van der Waals surface area (Å²) in [6.07, 6.45) is 1.90. The average Bonchev–Trinajstić information content (AvgIpc) is 3.30. The molecule has 1 aromatic rings. The molecule has 1 aliphatic carbocycles. The molecule has 0 radical (unpaired) electrons. The summed E-state index contributed by atoms with van der Waals surface area (Å²) in [6, 6.07) is 8.68. The van der Waals surface area contributed by atoms with Crippen LogP contribution in [0.3, 0.4) is 0 Å². The zero-order valence-electron chi connectivity index (χ0n) is 11.5. The van der Waals surface area contributed by atoms with Crippen LogP contribution >= 0.6 is 11.6 Å². The van der Waals surface area contributed by atoms with Crippen LogP contribution in [0.1, 0.15) is 25.3 Å². The van der Waals surface area contributed by atoms with E-state index in [9.17, 15) is 10.1 Å². The highest BCUT2D eigenvalue weighted by Crippen LogP contribution is 2.39. The van der Waals surface area contributed by atoms with E-state index in [1.54, 1.807) is 19.1 Å². The number of rotatable bonds is 5. The van der Waals surface area contributed by atoms with Gasteiger partial charge in [0.1, 0.15) is 11.3 Å². The Labute approximate surface area is 128 Å². The highest BCUT2D eigenvalue weighted by atomic mass is 35.5. The molecular formula is C15H14ClN3O2. The first-order valence-corrected chi connectivity index (χ1v) is 6.91. The Hall–Kier alpha value is -2.24. The number of nitrogens with zero attached hydrogens (tertiary/aromatic N) is 2. The Balaban J connectivity index is 1.93. The lowest BCUT2D eigenvalue weighted by atomic mass is 9.98. The molecule has 0 aliphatic heterocycles. The van der Waals surface area contributed by atoms with Crippen LogP contribution in [0.5, 0.6) is 5.75 Å². The number of nitrogens with one attached hydrogen (secondary N) is 1. The first kappa shape index (κ1) is 15.2. The van der Waals surface area contributed by atoms with E-state index >= 15 is 0 Å². The van der Waals surface area contributed by atoms with Crippen molar-refractivity contribution < 1.29 is 9.53 Å². The molecule has 0 spiro atoms. The third-order valence-electron chi connectivity index (χ3n) is 3.44. The molecule has 0 saturated heterocycles. The van der Waals surface area contributed by atoms with Gasteiger partial charge in [0.25, 0.3) is 5.91 Å². The van der Waals surface area contributed by atoms with Crippen LogP contribution in [-0.2, 0) is 4.79 Å². The van der Waals surface area contributed by atoms with Gasteiger partial charge in [-0.25, -0.2) is 0 Å². The second-order valence-corrected chi connectivity index (χ2v) is 5.59. The van der Waals surface area contributed by atoms with Gasteiger partial charge in [-0.3, -0.25) is 4.79 Å². The zero-order chi connectivity index (χ0) is 15.5. The Bertz CT molecular complexity index is 643. The SMILES string of the molecule is CC(C#N)(NC(=O)COc1ccc(C#N)cc1Cl)C1CC1. The summed E-state index contributed by atoms with van der Waals surface area (Å²) in [5.41, 5.74) is -0.419. The molecule has 108 valence electrons. The van der Waals surface area contributed by atoms with E-state index in [-0.39, 0.29) is 23.5 Å². The Kier molecular flexibility index (Phi) is 4.35. The van der Waals surface area contributed by atoms with Crippen LogP contribution < -0.4 is 10.1 Å². The molecule has 0 bridgehead atoms. The number of amides is 1. The van der Waals surface area contributed by atoms with Crippen molar-refractivity contribution >= 4 is 17.5 Å². The number of benzene rings is 1. The van der Waals surface area contributed by atoms with Gasteiger partial charge in [-0.1, -0.05) is 11.6 Å². The van der Waals surface area contributed by atoms with Gasteiger partial charge in [0.05, 0.1) is 22.7 Å². The van der Waals surface area contributed by atoms with Crippen LogP contribution in [0, 0.1) is 28.6 Å². The van der Waals surface area contributed by atoms with E-state index in [1.165, 1.54) is 6.07 Å². The van der Waals surface area contributed by atoms with Crippen molar-refractivity contribution in [3.05, 3.63) is 28.8 Å². The highest BCUT2D eigenvalue weighted by Gasteiger charge is 2.43. The normalized spacial score (nSPS) is 16.2. The molecule has 1 saturated carbocycles. The van der Waals surface area contributed by atoms with Crippen molar-refractivity contribution in [3.8, 4) is 17.9 Å². The summed E-state index contributed by atoms with van der Waals surface area (Å²) in [5, 5.41) is 20.9. The minimum atomic E-state index is -0.838. The van der Waals surface area contributed by atoms with Gasteiger partial charge in [-0.05, 0) is 43.9 Å². The number of carbonyl (C=O) groups excluding carboxylic acids is 1. The van der Waals surface area contributed by atoms with Gasteiger partial charge in [-0.15, -0.1) is 0 Å². The van der Waals surface area contributed by atoms with Gasteiger partial charge in [0.2, 0.25) is 0 Å². The zero-order valence-corrected chi connectivity index (χ0v) is 12.3. The van der Waals surface area contributed by atoms with Crippen LogP contribution in [0.4, 0.5) is 0 Å². The van der Waals surface area contributed by atoms with Gasteiger partial charge >= 0.3 is 0 Å². The number of hydrogen-bond donors (Lipinski definition) is 1. The van der Waals surface area contributed by atoms with E-state index in [1.807, 2.05) is 6.07 Å². The van der Waals surface area contributed by atoms with E-state index in [4.69, 9.17) is 21.6 Å². The molecule has 1 amide bonds. The lowest BCUT2D eigenvalue weighted by molar-refractivity contribution is -0.124. The van der Waals surface area contributed by atoms with Gasteiger partial charge in [0.15, 0.2) is 6.61 Å². The summed E-state index contributed by atoms with van der Waals surface area (Å²) < 4.78 is 5.33. The highest BCUT2D eigenvalue weighted by molar-refractivity contribution is 6.32. The lowest BCUT2D eigenvalue weighted by Gasteiger charge is -2.22. The molecule has 1 N–H and O–H groups in total. The molecule has 6 heteroatoms. The summed E-state index contributed by atoms with van der Waals surface area (Å²) in [7, 11) is 0. The van der Waals surface area contributed by atoms with Crippen molar-refractivity contribution in [1.29, 1.82) is 10.5 Å². The molecule has 0 aromatic heterocycles. The van der Waals surface area contributed by atoms with Crippen molar-refractivity contribution in [2.75, 3.05) is 6.61 Å². The molecule has 1 unspecified atom stereocenters. The van der Waals surface area contributed by atoms with Crippen molar-refractivity contribution in [2.45, 2.75) is 25.3 Å². The van der Waals surface area contributed by atoms with Crippen LogP contribution in [0.15, 0.2) is 18.2 Å². The third-order valence-corrected chi connectivity index (χ3v) is 3.74. The standard InChI is InChI=1S/C15H14ClN3O2/c1-15(9-18,11-3-4-11)19-14(20)8-21-13-5-2-10(7-17)6-12(13)16/h2,5-6,11H,3-4,8H2,1H3,(H,19,20). The van der Waals surface area contributed by atoms with Crippen molar-refractivity contribution in [2.24, 2.45) is 5.92 Å². The van der Waals surface area contributed by atoms with Gasteiger partial charge in [-0.2, -0.15) is 10.5 Å². The maximum Gasteiger partial charge on any atom is 0.259 e. The Morgan fingerprint density at radius 3 is 2.76 bits per heavy atom. The summed E-state index contributed by atoms with van der Waals surface area (Å²) in [5.74, 6) is 0.173. The molecule has 2 rings (SSSR count). The summed E-state index contributed by atoms with van der Waals surface area (Å²) in [6.45, 7) is 1.49. The van der Waals surface area contributed by atoms with Gasteiger partial charge in [0, 0.05) is 0 Å². The fourth-order valence-corrected chi connectivity index (χ4v) is 2.27. The maximum atomic E-state index is 11.9. The Morgan fingerprint density at radius 1 is 1.52 bits per heavy atom. The number of halogens is 1. The smallest absolute Gasteiger partial charge is 0.259 e. The topological polar surface area (TPSA) is 85.9 Å². The van der Waals surface area contributed by atoms with Crippen LogP contribution in [0.25, 0.3) is 0 Å². The largest absolute Gasteiger partial charge is 0.482 e. The minimum absolute atomic E-state index is 0.213. The Morgan fingerprint density at radius 2 is 2.24 bits per heavy atom. The molecular weight excluding hydrogens is 290 g/mol. The monoisotopic (exact) mass is 303 g/mol. The summed E-state index contributed by atoms with van der Waals surface area (Å²) >= 11 is 5.95. The van der Waals surface area contributed by atoms with E-state index in [2.05, 4.69) is 11.4 Å². The summed E-state index contributed by atoms with van der Waals surface area (Å²) in [4.78, 5) is 11.9. The minimum Gasteiger partial charge on any atom is -0.482 e. The first-order valence-electron chi connectivity index (χ1n) is 6.53. The van der Waals surface area contributed by atoms with Crippen molar-refractivity contribution in [1.82, 2.24) is 5.32 Å². The molecule has 5 nitrogen and oxygen atoms in total. The fraction of sp³-hybridized carbons (Fsp3) is 0.400. The van der Waals surface area contributed by atoms with E-state index in [0.29, 0.717) is 11.3 Å². The predicted molar refractivity (Wildman–Crippen MR) is 76.5 cm³/mol. The second kappa shape index (κ2) is 6.03. The third kappa shape index (κ3) is 3.65. The van der Waals surface area contributed by atoms with Gasteiger partial charge < -0.3 is 10.1 Å². The van der Waals surface area contributed by atoms with E-state index < -0.39 is 5.54 Å². The van der Waals surface area contributed by atoms with Crippen LogP contribution in [0.2, 0.25) is 5.02 Å². The fourth-order valence-electron chi connectivity index (χ4n) is 2.04. The molecule has 1 atom stereocenters. The van der Waals surface area contributed by atoms with E-state index in [0.717, 1.165) is 12.8 Å². The predicted octanol–water partition coefficient (Wildman–Crippen LogP) is 2.40.